The SMILES string of the molecule is FC(F)Oc1ccc(NC(=S)N(Cc2ccccc2)Cc2ccccc2)cc1. The number of benzene rings is 3. The third-order valence-corrected chi connectivity index (χ3v) is 4.41. The van der Waals surface area contributed by atoms with Crippen LogP contribution in [0, 0.1) is 0 Å². The maximum Gasteiger partial charge on any atom is 0.387 e. The van der Waals surface area contributed by atoms with Gasteiger partial charge in [-0.1, -0.05) is 60.7 Å². The van der Waals surface area contributed by atoms with Crippen molar-refractivity contribution in [1.82, 2.24) is 4.90 Å². The standard InChI is InChI=1S/C22H20F2N2OS/c23-21(24)27-20-13-11-19(12-14-20)25-22(28)26(15-17-7-3-1-4-8-17)16-18-9-5-2-6-10-18/h1-14,21H,15-16H2,(H,25,28). The highest BCUT2D eigenvalue weighted by Crippen LogP contribution is 2.19. The molecule has 0 amide bonds. The second-order valence-corrected chi connectivity index (χ2v) is 6.55. The summed E-state index contributed by atoms with van der Waals surface area (Å²) < 4.78 is 28.9. The summed E-state index contributed by atoms with van der Waals surface area (Å²) in [7, 11) is 0. The van der Waals surface area contributed by atoms with Crippen molar-refractivity contribution in [2.45, 2.75) is 19.7 Å². The summed E-state index contributed by atoms with van der Waals surface area (Å²) in [5.74, 6) is 0.108. The van der Waals surface area contributed by atoms with Crippen LogP contribution in [0.25, 0.3) is 0 Å². The third kappa shape index (κ3) is 6.03. The predicted octanol–water partition coefficient (Wildman–Crippen LogP) is 5.69. The van der Waals surface area contributed by atoms with Crippen molar-refractivity contribution in [2.24, 2.45) is 0 Å². The molecule has 0 spiro atoms. The minimum Gasteiger partial charge on any atom is -0.435 e. The van der Waals surface area contributed by atoms with E-state index in [-0.39, 0.29) is 5.75 Å². The topological polar surface area (TPSA) is 24.5 Å². The summed E-state index contributed by atoms with van der Waals surface area (Å²) >= 11 is 5.62. The number of hydrogen-bond donors (Lipinski definition) is 1. The Morgan fingerprint density at radius 3 is 1.79 bits per heavy atom. The summed E-state index contributed by atoms with van der Waals surface area (Å²) in [6, 6.07) is 26.4. The van der Waals surface area contributed by atoms with E-state index in [0.717, 1.165) is 11.1 Å². The molecule has 0 saturated carbocycles. The van der Waals surface area contributed by atoms with Crippen molar-refractivity contribution in [3.8, 4) is 5.75 Å². The summed E-state index contributed by atoms with van der Waals surface area (Å²) in [6.45, 7) is -1.55. The van der Waals surface area contributed by atoms with Crippen LogP contribution in [0.2, 0.25) is 0 Å². The van der Waals surface area contributed by atoms with Gasteiger partial charge in [0, 0.05) is 18.8 Å². The first kappa shape index (κ1) is 19.8. The van der Waals surface area contributed by atoms with Crippen LogP contribution >= 0.6 is 12.2 Å². The molecule has 3 aromatic rings. The second-order valence-electron chi connectivity index (χ2n) is 6.16. The molecule has 3 aromatic carbocycles. The maximum absolute atomic E-state index is 12.3. The fourth-order valence-corrected chi connectivity index (χ4v) is 2.98. The van der Waals surface area contributed by atoms with Gasteiger partial charge in [0.15, 0.2) is 5.11 Å². The Kier molecular flexibility index (Phi) is 6.92. The van der Waals surface area contributed by atoms with Gasteiger partial charge in [0.2, 0.25) is 0 Å². The largest absolute Gasteiger partial charge is 0.435 e. The van der Waals surface area contributed by atoms with Gasteiger partial charge >= 0.3 is 6.61 Å². The Bertz CT molecular complexity index is 833. The lowest BCUT2D eigenvalue weighted by atomic mass is 10.2. The van der Waals surface area contributed by atoms with Crippen molar-refractivity contribution in [2.75, 3.05) is 5.32 Å². The number of nitrogens with one attached hydrogen (secondary N) is 1. The number of nitrogens with zero attached hydrogens (tertiary/aromatic N) is 1. The maximum atomic E-state index is 12.3. The molecule has 6 heteroatoms. The second kappa shape index (κ2) is 9.80. The van der Waals surface area contributed by atoms with E-state index in [2.05, 4.69) is 39.2 Å². The molecule has 0 atom stereocenters. The summed E-state index contributed by atoms with van der Waals surface area (Å²) in [5, 5.41) is 3.73. The number of alkyl halides is 2. The molecule has 1 N–H and O–H groups in total. The van der Waals surface area contributed by atoms with Crippen LogP contribution in [0.4, 0.5) is 14.5 Å². The predicted molar refractivity (Wildman–Crippen MR) is 111 cm³/mol. The number of halogens is 2. The van der Waals surface area contributed by atoms with Crippen LogP contribution in [0.5, 0.6) is 5.75 Å². The number of hydrogen-bond acceptors (Lipinski definition) is 2. The van der Waals surface area contributed by atoms with E-state index in [1.807, 2.05) is 36.4 Å². The van der Waals surface area contributed by atoms with E-state index >= 15 is 0 Å². The first-order valence-electron chi connectivity index (χ1n) is 8.79. The minimum absolute atomic E-state index is 0.108. The molecule has 3 nitrogen and oxygen atoms in total. The van der Waals surface area contributed by atoms with Crippen LogP contribution in [-0.2, 0) is 13.1 Å². The molecule has 0 radical (unpaired) electrons. The third-order valence-electron chi connectivity index (χ3n) is 4.05. The monoisotopic (exact) mass is 398 g/mol. The van der Waals surface area contributed by atoms with Gasteiger partial charge in [-0.25, -0.2) is 0 Å². The number of anilines is 1. The van der Waals surface area contributed by atoms with Gasteiger partial charge in [-0.3, -0.25) is 0 Å². The Hall–Kier alpha value is -2.99. The lowest BCUT2D eigenvalue weighted by Gasteiger charge is -2.26. The van der Waals surface area contributed by atoms with Crippen LogP contribution in [0.1, 0.15) is 11.1 Å². The number of ether oxygens (including phenoxy) is 1. The smallest absolute Gasteiger partial charge is 0.387 e. The molecule has 3 rings (SSSR count). The molecule has 0 aliphatic rings. The van der Waals surface area contributed by atoms with Gasteiger partial charge in [-0.05, 0) is 47.6 Å². The Labute approximate surface area is 168 Å². The summed E-state index contributed by atoms with van der Waals surface area (Å²) in [4.78, 5) is 2.06. The normalized spacial score (nSPS) is 10.5. The van der Waals surface area contributed by atoms with Gasteiger partial charge in [-0.15, -0.1) is 0 Å². The zero-order valence-corrected chi connectivity index (χ0v) is 15.9. The molecule has 144 valence electrons. The van der Waals surface area contributed by atoms with Gasteiger partial charge in [0.1, 0.15) is 5.75 Å². The Morgan fingerprint density at radius 2 is 1.32 bits per heavy atom. The van der Waals surface area contributed by atoms with Crippen LogP contribution in [0.15, 0.2) is 84.9 Å². The number of thiocarbonyl (C=S) groups is 1. The molecule has 0 aliphatic carbocycles. The van der Waals surface area contributed by atoms with E-state index < -0.39 is 6.61 Å². The lowest BCUT2D eigenvalue weighted by molar-refractivity contribution is -0.0498. The van der Waals surface area contributed by atoms with E-state index in [4.69, 9.17) is 12.2 Å². The van der Waals surface area contributed by atoms with Crippen LogP contribution < -0.4 is 10.1 Å². The van der Waals surface area contributed by atoms with Gasteiger partial charge in [-0.2, -0.15) is 8.78 Å². The van der Waals surface area contributed by atoms with Crippen molar-refractivity contribution in [3.05, 3.63) is 96.1 Å². The summed E-state index contributed by atoms with van der Waals surface area (Å²) in [5.41, 5.74) is 2.99. The molecule has 28 heavy (non-hydrogen) atoms. The average Bonchev–Trinajstić information content (AvgIpc) is 2.70. The molecular formula is C22H20F2N2OS. The minimum atomic E-state index is -2.84. The fraction of sp³-hybridized carbons (Fsp3) is 0.136. The first-order chi connectivity index (χ1) is 13.6. The fourth-order valence-electron chi connectivity index (χ4n) is 2.73. The first-order valence-corrected chi connectivity index (χ1v) is 9.19. The average molecular weight is 398 g/mol. The highest BCUT2D eigenvalue weighted by molar-refractivity contribution is 7.80. The molecule has 0 aliphatic heterocycles. The molecule has 0 saturated heterocycles. The van der Waals surface area contributed by atoms with Crippen LogP contribution in [-0.4, -0.2) is 16.6 Å². The highest BCUT2D eigenvalue weighted by atomic mass is 32.1. The summed E-state index contributed by atoms with van der Waals surface area (Å²) in [6.07, 6.45) is 0. The van der Waals surface area contributed by atoms with Crippen molar-refractivity contribution >= 4 is 23.0 Å². The van der Waals surface area contributed by atoms with E-state index in [1.165, 1.54) is 12.1 Å². The van der Waals surface area contributed by atoms with E-state index in [1.54, 1.807) is 12.1 Å². The van der Waals surface area contributed by atoms with Crippen molar-refractivity contribution in [1.29, 1.82) is 0 Å². The van der Waals surface area contributed by atoms with Crippen LogP contribution in [0.3, 0.4) is 0 Å². The Balaban J connectivity index is 1.72. The van der Waals surface area contributed by atoms with Gasteiger partial charge in [0.05, 0.1) is 0 Å². The molecule has 0 fully saturated rings. The zero-order valence-electron chi connectivity index (χ0n) is 15.1. The van der Waals surface area contributed by atoms with Crippen molar-refractivity contribution in [3.63, 3.8) is 0 Å². The lowest BCUT2D eigenvalue weighted by Crippen LogP contribution is -2.33. The number of rotatable bonds is 7. The zero-order chi connectivity index (χ0) is 19.8. The van der Waals surface area contributed by atoms with E-state index in [9.17, 15) is 8.78 Å². The van der Waals surface area contributed by atoms with Gasteiger partial charge < -0.3 is 15.0 Å². The molecular weight excluding hydrogens is 378 g/mol. The quantitative estimate of drug-likeness (QED) is 0.517. The molecule has 0 aromatic heterocycles. The Morgan fingerprint density at radius 1 is 0.821 bits per heavy atom. The van der Waals surface area contributed by atoms with E-state index in [0.29, 0.717) is 23.9 Å². The van der Waals surface area contributed by atoms with Gasteiger partial charge in [0.25, 0.3) is 0 Å². The molecule has 0 unspecified atom stereocenters. The molecule has 0 bridgehead atoms. The highest BCUT2D eigenvalue weighted by Gasteiger charge is 2.12. The van der Waals surface area contributed by atoms with Crippen molar-refractivity contribution < 1.29 is 13.5 Å². The molecule has 0 heterocycles.